The Morgan fingerprint density at radius 3 is 2.57 bits per heavy atom. The highest BCUT2D eigenvalue weighted by atomic mass is 79.9. The highest BCUT2D eigenvalue weighted by Crippen LogP contribution is 2.34. The lowest BCUT2D eigenvalue weighted by atomic mass is 10.2. The van der Waals surface area contributed by atoms with E-state index in [1.807, 2.05) is 36.4 Å². The predicted octanol–water partition coefficient (Wildman–Crippen LogP) is 5.80. The molecule has 0 amide bonds. The molecule has 0 saturated heterocycles. The van der Waals surface area contributed by atoms with Crippen molar-refractivity contribution in [2.45, 2.75) is 25.4 Å². The molecule has 1 saturated carbocycles. The quantitative estimate of drug-likeness (QED) is 0.700. The second-order valence-corrected chi connectivity index (χ2v) is 6.84. The smallest absolute Gasteiger partial charge is 0.146 e. The van der Waals surface area contributed by atoms with Gasteiger partial charge in [-0.1, -0.05) is 39.1 Å². The first-order valence-electron chi connectivity index (χ1n) is 6.76. The van der Waals surface area contributed by atoms with Crippen LogP contribution < -0.4 is 10.1 Å². The number of hydrogen-bond donors (Lipinski definition) is 1. The van der Waals surface area contributed by atoms with Gasteiger partial charge in [0.05, 0.1) is 5.02 Å². The Labute approximate surface area is 142 Å². The summed E-state index contributed by atoms with van der Waals surface area (Å²) in [4.78, 5) is 0. The summed E-state index contributed by atoms with van der Waals surface area (Å²) in [5.41, 5.74) is 1.04. The molecular formula is C16H14BrCl2NO. The molecule has 21 heavy (non-hydrogen) atoms. The van der Waals surface area contributed by atoms with Crippen LogP contribution >= 0.6 is 39.1 Å². The summed E-state index contributed by atoms with van der Waals surface area (Å²) in [7, 11) is 0. The van der Waals surface area contributed by atoms with Crippen LogP contribution in [0.15, 0.2) is 40.9 Å². The van der Waals surface area contributed by atoms with Crippen LogP contribution in [0, 0.1) is 0 Å². The van der Waals surface area contributed by atoms with Crippen molar-refractivity contribution in [3.05, 3.63) is 56.5 Å². The fourth-order valence-electron chi connectivity index (χ4n) is 2.00. The van der Waals surface area contributed by atoms with Gasteiger partial charge in [-0.2, -0.15) is 0 Å². The molecule has 110 valence electrons. The number of halogens is 3. The van der Waals surface area contributed by atoms with Crippen molar-refractivity contribution in [1.82, 2.24) is 5.32 Å². The highest BCUT2D eigenvalue weighted by Gasteiger charge is 2.21. The SMILES string of the molecule is Clc1ccc(Oc2ccc(Br)cc2Cl)c(CNC2CC2)c1. The molecule has 0 aromatic heterocycles. The van der Waals surface area contributed by atoms with E-state index in [1.165, 1.54) is 12.8 Å². The molecule has 1 aliphatic rings. The molecule has 5 heteroatoms. The lowest BCUT2D eigenvalue weighted by Gasteiger charge is -2.13. The van der Waals surface area contributed by atoms with Crippen LogP contribution in [0.5, 0.6) is 11.5 Å². The van der Waals surface area contributed by atoms with Crippen LogP contribution in [0.4, 0.5) is 0 Å². The van der Waals surface area contributed by atoms with Crippen molar-refractivity contribution in [3.63, 3.8) is 0 Å². The fraction of sp³-hybridized carbons (Fsp3) is 0.250. The van der Waals surface area contributed by atoms with Gasteiger partial charge in [0.25, 0.3) is 0 Å². The molecule has 0 spiro atoms. The van der Waals surface area contributed by atoms with Gasteiger partial charge in [-0.3, -0.25) is 0 Å². The van der Waals surface area contributed by atoms with Crippen molar-refractivity contribution in [2.75, 3.05) is 0 Å². The van der Waals surface area contributed by atoms with Crippen molar-refractivity contribution in [3.8, 4) is 11.5 Å². The minimum absolute atomic E-state index is 0.570. The normalized spacial score (nSPS) is 14.2. The van der Waals surface area contributed by atoms with E-state index < -0.39 is 0 Å². The molecule has 0 aliphatic heterocycles. The third kappa shape index (κ3) is 4.13. The standard InChI is InChI=1S/C16H14BrCl2NO/c17-11-1-5-16(14(19)8-11)21-15-6-2-12(18)7-10(15)9-20-13-3-4-13/h1-2,5-8,13,20H,3-4,9H2. The molecular weight excluding hydrogens is 373 g/mol. The maximum atomic E-state index is 6.20. The van der Waals surface area contributed by atoms with E-state index in [0.29, 0.717) is 21.8 Å². The summed E-state index contributed by atoms with van der Waals surface area (Å²) in [5.74, 6) is 1.41. The third-order valence-electron chi connectivity index (χ3n) is 3.29. The summed E-state index contributed by atoms with van der Waals surface area (Å²) in [6, 6.07) is 11.8. The first-order chi connectivity index (χ1) is 10.1. The van der Waals surface area contributed by atoms with Gasteiger partial charge in [0, 0.05) is 27.6 Å². The van der Waals surface area contributed by atoms with Crippen LogP contribution in [-0.4, -0.2) is 6.04 Å². The summed E-state index contributed by atoms with van der Waals surface area (Å²) in [6.07, 6.45) is 2.49. The molecule has 2 aromatic rings. The zero-order valence-corrected chi connectivity index (χ0v) is 14.3. The van der Waals surface area contributed by atoms with Gasteiger partial charge in [0.1, 0.15) is 11.5 Å². The minimum atomic E-state index is 0.570. The van der Waals surface area contributed by atoms with Crippen molar-refractivity contribution in [1.29, 1.82) is 0 Å². The average Bonchev–Trinajstić information content (AvgIpc) is 3.26. The molecule has 3 rings (SSSR count). The lowest BCUT2D eigenvalue weighted by molar-refractivity contribution is 0.472. The molecule has 1 fully saturated rings. The van der Waals surface area contributed by atoms with Crippen molar-refractivity contribution >= 4 is 39.1 Å². The van der Waals surface area contributed by atoms with E-state index >= 15 is 0 Å². The Morgan fingerprint density at radius 1 is 1.10 bits per heavy atom. The van der Waals surface area contributed by atoms with Gasteiger partial charge in [0.15, 0.2) is 0 Å². The Balaban J connectivity index is 1.82. The topological polar surface area (TPSA) is 21.3 Å². The van der Waals surface area contributed by atoms with Gasteiger partial charge in [-0.15, -0.1) is 0 Å². The maximum absolute atomic E-state index is 6.20. The Morgan fingerprint density at radius 2 is 1.86 bits per heavy atom. The Bertz CT molecular complexity index is 659. The number of nitrogens with one attached hydrogen (secondary N) is 1. The van der Waals surface area contributed by atoms with E-state index in [0.717, 1.165) is 22.3 Å². The molecule has 1 aliphatic carbocycles. The van der Waals surface area contributed by atoms with Gasteiger partial charge >= 0.3 is 0 Å². The highest BCUT2D eigenvalue weighted by molar-refractivity contribution is 9.10. The Kier molecular flexibility index (Phi) is 4.75. The van der Waals surface area contributed by atoms with Crippen LogP contribution in [0.25, 0.3) is 0 Å². The van der Waals surface area contributed by atoms with Crippen molar-refractivity contribution < 1.29 is 4.74 Å². The molecule has 0 atom stereocenters. The zero-order valence-electron chi connectivity index (χ0n) is 11.2. The molecule has 0 radical (unpaired) electrons. The molecule has 0 bridgehead atoms. The minimum Gasteiger partial charge on any atom is -0.455 e. The number of hydrogen-bond acceptors (Lipinski definition) is 2. The number of ether oxygens (including phenoxy) is 1. The van der Waals surface area contributed by atoms with Gasteiger partial charge in [0.2, 0.25) is 0 Å². The van der Waals surface area contributed by atoms with E-state index in [4.69, 9.17) is 27.9 Å². The van der Waals surface area contributed by atoms with Gasteiger partial charge < -0.3 is 10.1 Å². The monoisotopic (exact) mass is 385 g/mol. The van der Waals surface area contributed by atoms with E-state index in [2.05, 4.69) is 21.2 Å². The van der Waals surface area contributed by atoms with Gasteiger partial charge in [-0.25, -0.2) is 0 Å². The largest absolute Gasteiger partial charge is 0.455 e. The summed E-state index contributed by atoms with van der Waals surface area (Å²) < 4.78 is 6.87. The van der Waals surface area contributed by atoms with Crippen LogP contribution in [0.2, 0.25) is 10.0 Å². The second-order valence-electron chi connectivity index (χ2n) is 5.08. The molecule has 0 unspecified atom stereocenters. The molecule has 2 nitrogen and oxygen atoms in total. The van der Waals surface area contributed by atoms with Crippen molar-refractivity contribution in [2.24, 2.45) is 0 Å². The fourth-order valence-corrected chi connectivity index (χ4v) is 2.91. The molecule has 0 heterocycles. The van der Waals surface area contributed by atoms with E-state index in [-0.39, 0.29) is 0 Å². The van der Waals surface area contributed by atoms with Crippen LogP contribution in [0.3, 0.4) is 0 Å². The van der Waals surface area contributed by atoms with Crippen LogP contribution in [-0.2, 0) is 6.54 Å². The first-order valence-corrected chi connectivity index (χ1v) is 8.31. The second kappa shape index (κ2) is 6.57. The maximum Gasteiger partial charge on any atom is 0.146 e. The molecule has 1 N–H and O–H groups in total. The third-order valence-corrected chi connectivity index (χ3v) is 4.32. The first kappa shape index (κ1) is 15.2. The van der Waals surface area contributed by atoms with Gasteiger partial charge in [-0.05, 0) is 49.2 Å². The van der Waals surface area contributed by atoms with E-state index in [9.17, 15) is 0 Å². The Hall–Kier alpha value is -0.740. The molecule has 2 aromatic carbocycles. The van der Waals surface area contributed by atoms with E-state index in [1.54, 1.807) is 0 Å². The lowest BCUT2D eigenvalue weighted by Crippen LogP contribution is -2.15. The number of benzene rings is 2. The number of rotatable bonds is 5. The zero-order chi connectivity index (χ0) is 14.8. The summed E-state index contributed by atoms with van der Waals surface area (Å²) >= 11 is 15.7. The summed E-state index contributed by atoms with van der Waals surface area (Å²) in [6.45, 7) is 0.745. The van der Waals surface area contributed by atoms with Crippen LogP contribution in [0.1, 0.15) is 18.4 Å². The predicted molar refractivity (Wildman–Crippen MR) is 90.5 cm³/mol. The summed E-state index contributed by atoms with van der Waals surface area (Å²) in [5, 5.41) is 4.75. The average molecular weight is 387 g/mol.